The molecule has 1 aromatic rings. The molecule has 0 radical (unpaired) electrons. The molecule has 3 fully saturated rings. The summed E-state index contributed by atoms with van der Waals surface area (Å²) in [6.45, 7) is 8.83. The third-order valence-corrected chi connectivity index (χ3v) is 6.61. The van der Waals surface area contributed by atoms with Gasteiger partial charge < -0.3 is 9.64 Å². The van der Waals surface area contributed by atoms with Gasteiger partial charge in [-0.15, -0.1) is 0 Å². The third kappa shape index (κ3) is 3.88. The van der Waals surface area contributed by atoms with E-state index in [9.17, 15) is 13.2 Å². The Labute approximate surface area is 156 Å². The van der Waals surface area contributed by atoms with E-state index >= 15 is 0 Å². The molecular formula is C18H24F3N3OS. The van der Waals surface area contributed by atoms with Crippen LogP contribution in [0.2, 0.25) is 0 Å². The lowest BCUT2D eigenvalue weighted by molar-refractivity contribution is -0.141. The third-order valence-electron chi connectivity index (χ3n) is 5.47. The number of nitrogens with zero attached hydrogens (tertiary/aromatic N) is 3. The Kier molecular flexibility index (Phi) is 4.96. The monoisotopic (exact) mass is 387 g/mol. The molecule has 8 heteroatoms. The number of aryl methyl sites for hydroxylation is 1. The van der Waals surface area contributed by atoms with E-state index in [1.54, 1.807) is 6.92 Å². The molecule has 4 nitrogen and oxygen atoms in total. The second kappa shape index (κ2) is 6.96. The molecule has 3 aliphatic rings. The van der Waals surface area contributed by atoms with Crippen LogP contribution in [0, 0.1) is 18.3 Å². The van der Waals surface area contributed by atoms with E-state index in [4.69, 9.17) is 4.74 Å². The van der Waals surface area contributed by atoms with Crippen molar-refractivity contribution in [2.75, 3.05) is 45.9 Å². The van der Waals surface area contributed by atoms with Crippen molar-refractivity contribution < 1.29 is 17.9 Å². The summed E-state index contributed by atoms with van der Waals surface area (Å²) in [5, 5.41) is 0. The molecule has 1 spiro atoms. The van der Waals surface area contributed by atoms with Gasteiger partial charge in [0.2, 0.25) is 0 Å². The highest BCUT2D eigenvalue weighted by atomic mass is 32.2. The molecule has 4 heterocycles. The Balaban J connectivity index is 1.23. The molecule has 1 unspecified atom stereocenters. The zero-order valence-electron chi connectivity index (χ0n) is 14.9. The van der Waals surface area contributed by atoms with Gasteiger partial charge in [-0.25, -0.2) is 9.29 Å². The van der Waals surface area contributed by atoms with Crippen molar-refractivity contribution in [1.29, 1.82) is 0 Å². The Morgan fingerprint density at radius 1 is 1.27 bits per heavy atom. The summed E-state index contributed by atoms with van der Waals surface area (Å²) in [6.07, 6.45) is -1.94. The van der Waals surface area contributed by atoms with Gasteiger partial charge in [0.05, 0.1) is 12.3 Å². The second-order valence-electron chi connectivity index (χ2n) is 7.92. The van der Waals surface area contributed by atoms with Gasteiger partial charge in [-0.1, -0.05) is 0 Å². The minimum absolute atomic E-state index is 0.385. The van der Waals surface area contributed by atoms with Crippen LogP contribution in [0.5, 0.6) is 0 Å². The normalized spacial score (nSPS) is 26.5. The molecule has 0 amide bonds. The van der Waals surface area contributed by atoms with E-state index in [1.165, 1.54) is 30.9 Å². The predicted octanol–water partition coefficient (Wildman–Crippen LogP) is 3.46. The molecule has 0 bridgehead atoms. The lowest BCUT2D eigenvalue weighted by Gasteiger charge is -2.60. The average molecular weight is 387 g/mol. The van der Waals surface area contributed by atoms with Crippen molar-refractivity contribution >= 4 is 11.9 Å². The van der Waals surface area contributed by atoms with E-state index in [1.807, 2.05) is 0 Å². The summed E-state index contributed by atoms with van der Waals surface area (Å²) >= 11 is 1.53. The minimum atomic E-state index is -4.38. The van der Waals surface area contributed by atoms with E-state index < -0.39 is 11.9 Å². The van der Waals surface area contributed by atoms with Gasteiger partial charge in [-0.3, -0.25) is 0 Å². The number of pyridine rings is 1. The first kappa shape index (κ1) is 18.5. The fourth-order valence-corrected chi connectivity index (χ4v) is 5.52. The Morgan fingerprint density at radius 2 is 2.04 bits per heavy atom. The van der Waals surface area contributed by atoms with Crippen molar-refractivity contribution in [3.8, 4) is 0 Å². The van der Waals surface area contributed by atoms with Gasteiger partial charge in [0.1, 0.15) is 5.69 Å². The molecule has 0 N–H and O–H groups in total. The maximum absolute atomic E-state index is 12.7. The number of hydrogen-bond acceptors (Lipinski definition) is 5. The minimum Gasteiger partial charge on any atom is -0.381 e. The van der Waals surface area contributed by atoms with Gasteiger partial charge in [0, 0.05) is 49.6 Å². The standard InChI is InChI=1S/C18H24F3N3OS/c1-13-15(4-5-16(22-13)18(19,20)21)26-24-11-17(12-24)9-23(10-17)7-14-3-2-6-25-8-14/h4-5,14H,2-3,6-12H2,1H3. The Morgan fingerprint density at radius 3 is 2.65 bits per heavy atom. The summed E-state index contributed by atoms with van der Waals surface area (Å²) < 4.78 is 45.9. The van der Waals surface area contributed by atoms with Crippen molar-refractivity contribution in [2.45, 2.75) is 30.8 Å². The number of aromatic nitrogens is 1. The summed E-state index contributed by atoms with van der Waals surface area (Å²) in [5.41, 5.74) is 0.00883. The van der Waals surface area contributed by atoms with Crippen molar-refractivity contribution in [3.05, 3.63) is 23.5 Å². The highest BCUT2D eigenvalue weighted by Gasteiger charge is 2.52. The van der Waals surface area contributed by atoms with Gasteiger partial charge in [-0.05, 0) is 49.8 Å². The van der Waals surface area contributed by atoms with Crippen molar-refractivity contribution in [2.24, 2.45) is 11.3 Å². The number of halogens is 3. The van der Waals surface area contributed by atoms with E-state index in [-0.39, 0.29) is 0 Å². The zero-order valence-corrected chi connectivity index (χ0v) is 15.7. The maximum atomic E-state index is 12.7. The number of rotatable bonds is 4. The molecule has 3 aliphatic heterocycles. The largest absolute Gasteiger partial charge is 0.433 e. The van der Waals surface area contributed by atoms with Gasteiger partial charge in [0.25, 0.3) is 0 Å². The highest BCUT2D eigenvalue weighted by Crippen LogP contribution is 2.45. The van der Waals surface area contributed by atoms with Crippen LogP contribution in [0.1, 0.15) is 24.2 Å². The van der Waals surface area contributed by atoms with Crippen molar-refractivity contribution in [1.82, 2.24) is 14.2 Å². The number of alkyl halides is 3. The molecular weight excluding hydrogens is 363 g/mol. The van der Waals surface area contributed by atoms with Crippen LogP contribution in [0.4, 0.5) is 13.2 Å². The molecule has 0 aromatic carbocycles. The lowest BCUT2D eigenvalue weighted by Crippen LogP contribution is -2.70. The van der Waals surface area contributed by atoms with E-state index in [2.05, 4.69) is 14.2 Å². The molecule has 3 saturated heterocycles. The quantitative estimate of drug-likeness (QED) is 0.738. The zero-order chi connectivity index (χ0) is 18.4. The molecule has 1 aromatic heterocycles. The van der Waals surface area contributed by atoms with Gasteiger partial charge in [0.15, 0.2) is 0 Å². The summed E-state index contributed by atoms with van der Waals surface area (Å²) in [6, 6.07) is 2.61. The fraction of sp³-hybridized carbons (Fsp3) is 0.722. The van der Waals surface area contributed by atoms with Crippen LogP contribution in [-0.4, -0.2) is 60.1 Å². The topological polar surface area (TPSA) is 28.6 Å². The highest BCUT2D eigenvalue weighted by molar-refractivity contribution is 7.97. The number of ether oxygens (including phenoxy) is 1. The molecule has 144 valence electrons. The number of likely N-dealkylation sites (tertiary alicyclic amines) is 1. The summed E-state index contributed by atoms with van der Waals surface area (Å²) in [7, 11) is 0. The predicted molar refractivity (Wildman–Crippen MR) is 93.8 cm³/mol. The SMILES string of the molecule is Cc1nc(C(F)(F)F)ccc1SN1CC2(CN(CC3CCCOC3)C2)C1. The molecule has 0 aliphatic carbocycles. The van der Waals surface area contributed by atoms with Crippen molar-refractivity contribution in [3.63, 3.8) is 0 Å². The average Bonchev–Trinajstić information content (AvgIpc) is 2.52. The smallest absolute Gasteiger partial charge is 0.381 e. The first-order valence-corrected chi connectivity index (χ1v) is 9.88. The van der Waals surface area contributed by atoms with Gasteiger partial charge >= 0.3 is 6.18 Å². The molecule has 1 atom stereocenters. The molecule has 4 rings (SSSR count). The fourth-order valence-electron chi connectivity index (χ4n) is 4.26. The van der Waals surface area contributed by atoms with Crippen LogP contribution in [0.3, 0.4) is 0 Å². The van der Waals surface area contributed by atoms with Crippen LogP contribution in [0.25, 0.3) is 0 Å². The molecule has 0 saturated carbocycles. The summed E-state index contributed by atoms with van der Waals surface area (Å²) in [4.78, 5) is 7.04. The van der Waals surface area contributed by atoms with E-state index in [0.29, 0.717) is 17.0 Å². The second-order valence-corrected chi connectivity index (χ2v) is 9.06. The van der Waals surface area contributed by atoms with Crippen LogP contribution < -0.4 is 0 Å². The number of hydrogen-bond donors (Lipinski definition) is 0. The van der Waals surface area contributed by atoms with Gasteiger partial charge in [-0.2, -0.15) is 13.2 Å². The molecule has 26 heavy (non-hydrogen) atoms. The van der Waals surface area contributed by atoms with Crippen LogP contribution >= 0.6 is 11.9 Å². The Hall–Kier alpha value is -0.830. The lowest BCUT2D eigenvalue weighted by atomic mass is 9.74. The van der Waals surface area contributed by atoms with Crippen LogP contribution in [-0.2, 0) is 10.9 Å². The summed E-state index contributed by atoms with van der Waals surface area (Å²) in [5.74, 6) is 0.674. The van der Waals surface area contributed by atoms with Crippen LogP contribution in [0.15, 0.2) is 17.0 Å². The Bertz CT molecular complexity index is 650. The maximum Gasteiger partial charge on any atom is 0.433 e. The first-order valence-electron chi connectivity index (χ1n) is 9.11. The van der Waals surface area contributed by atoms with E-state index in [0.717, 1.165) is 56.9 Å². The first-order chi connectivity index (χ1) is 12.3.